The Bertz CT molecular complexity index is 653. The van der Waals surface area contributed by atoms with Gasteiger partial charge in [-0.05, 0) is 18.6 Å². The van der Waals surface area contributed by atoms with Crippen molar-refractivity contribution in [2.24, 2.45) is 0 Å². The normalized spacial score (nSPS) is 22.0. The molecule has 0 saturated carbocycles. The van der Waals surface area contributed by atoms with Crippen molar-refractivity contribution in [2.45, 2.75) is 88.9 Å². The van der Waals surface area contributed by atoms with Gasteiger partial charge in [0.05, 0.1) is 85.9 Å². The number of rotatable bonds is 31. The van der Waals surface area contributed by atoms with Crippen molar-refractivity contribution in [1.29, 1.82) is 0 Å². The monoisotopic (exact) mass is 657 g/mol. The maximum absolute atomic E-state index is 11.4. The van der Waals surface area contributed by atoms with Gasteiger partial charge >= 0.3 is 0 Å². The second kappa shape index (κ2) is 29.8. The zero-order valence-electron chi connectivity index (χ0n) is 26.6. The molecule has 0 aromatic carbocycles. The van der Waals surface area contributed by atoms with Gasteiger partial charge in [-0.2, -0.15) is 12.6 Å². The Kier molecular flexibility index (Phi) is 28.0. The minimum absolute atomic E-state index is 0.113. The molecule has 1 aliphatic heterocycles. The molecule has 13 nitrogen and oxygen atoms in total. The first-order chi connectivity index (χ1) is 21.5. The molecule has 0 aromatic heterocycles. The summed E-state index contributed by atoms with van der Waals surface area (Å²) in [6.45, 7) is 6.71. The SMILES string of the molecule is CC(=O)NC1[C@H](OCCOCCOCCOCCOCCOCCOCCCCCCCCCCS)OC(CO)[C@@H](O)[C@@H]1O. The molecule has 1 heterocycles. The van der Waals surface area contributed by atoms with E-state index >= 15 is 0 Å². The van der Waals surface area contributed by atoms with E-state index in [9.17, 15) is 20.1 Å². The standard InChI is InChI=1S/C30H59NO12S/c1-25(33)31-27-29(35)28(34)26(24-32)43-30(27)42-22-21-41-20-19-40-18-17-39-16-15-38-14-13-37-12-11-36-10-8-6-4-2-3-5-7-9-23-44/h26-30,32,34-35,44H,2-24H2,1H3,(H,31,33)/t26?,27?,28-,29-,30-/m1/s1. The van der Waals surface area contributed by atoms with Gasteiger partial charge < -0.3 is 58.5 Å². The highest BCUT2D eigenvalue weighted by atomic mass is 32.1. The van der Waals surface area contributed by atoms with Gasteiger partial charge in [0.25, 0.3) is 0 Å². The van der Waals surface area contributed by atoms with Gasteiger partial charge in [-0.1, -0.05) is 38.5 Å². The van der Waals surface area contributed by atoms with Crippen LogP contribution in [0.5, 0.6) is 0 Å². The van der Waals surface area contributed by atoms with E-state index in [1.54, 1.807) is 0 Å². The molecule has 1 saturated heterocycles. The third kappa shape index (κ3) is 22.0. The molecular formula is C30H59NO12S. The van der Waals surface area contributed by atoms with Crippen LogP contribution >= 0.6 is 12.6 Å². The van der Waals surface area contributed by atoms with Crippen molar-refractivity contribution >= 4 is 18.5 Å². The number of thiol groups is 1. The van der Waals surface area contributed by atoms with Crippen LogP contribution in [0.4, 0.5) is 0 Å². The average molecular weight is 658 g/mol. The number of nitrogens with one attached hydrogen (secondary N) is 1. The molecule has 0 aliphatic carbocycles. The summed E-state index contributed by atoms with van der Waals surface area (Å²) in [5, 5.41) is 32.1. The van der Waals surface area contributed by atoms with E-state index in [1.807, 2.05) is 0 Å². The van der Waals surface area contributed by atoms with Gasteiger partial charge in [-0.15, -0.1) is 0 Å². The molecule has 1 fully saturated rings. The predicted molar refractivity (Wildman–Crippen MR) is 167 cm³/mol. The van der Waals surface area contributed by atoms with Crippen molar-refractivity contribution in [3.63, 3.8) is 0 Å². The lowest BCUT2D eigenvalue weighted by Crippen LogP contribution is -2.64. The molecule has 14 heteroatoms. The highest BCUT2D eigenvalue weighted by Crippen LogP contribution is 2.22. The van der Waals surface area contributed by atoms with Crippen molar-refractivity contribution in [3.8, 4) is 0 Å². The number of carbonyl (C=O) groups excluding carboxylic acids is 1. The van der Waals surface area contributed by atoms with E-state index in [0.717, 1.165) is 18.8 Å². The van der Waals surface area contributed by atoms with Crippen molar-refractivity contribution in [1.82, 2.24) is 5.32 Å². The first-order valence-electron chi connectivity index (χ1n) is 16.1. The minimum Gasteiger partial charge on any atom is -0.394 e. The fraction of sp³-hybridized carbons (Fsp3) is 0.967. The molecule has 1 aliphatic rings. The summed E-state index contributed by atoms with van der Waals surface area (Å²) in [5.74, 6) is 0.591. The lowest BCUT2D eigenvalue weighted by Gasteiger charge is -2.42. The third-order valence-electron chi connectivity index (χ3n) is 6.82. The molecule has 0 aromatic rings. The number of amides is 1. The van der Waals surface area contributed by atoms with E-state index in [-0.39, 0.29) is 13.2 Å². The van der Waals surface area contributed by atoms with Crippen molar-refractivity contribution < 1.29 is 58.0 Å². The summed E-state index contributed by atoms with van der Waals surface area (Å²) < 4.78 is 44.1. The van der Waals surface area contributed by atoms with E-state index in [4.69, 9.17) is 37.9 Å². The molecular weight excluding hydrogens is 598 g/mol. The van der Waals surface area contributed by atoms with Crippen LogP contribution in [0.15, 0.2) is 0 Å². The summed E-state index contributed by atoms with van der Waals surface area (Å²) in [4.78, 5) is 11.4. The second-order valence-electron chi connectivity index (χ2n) is 10.5. The maximum Gasteiger partial charge on any atom is 0.217 e. The lowest BCUT2D eigenvalue weighted by molar-refractivity contribution is -0.272. The Balaban J connectivity index is 1.81. The summed E-state index contributed by atoms with van der Waals surface area (Å²) in [6.07, 6.45) is 5.40. The second-order valence-corrected chi connectivity index (χ2v) is 11.0. The molecule has 1 amide bonds. The highest BCUT2D eigenvalue weighted by Gasteiger charge is 2.45. The summed E-state index contributed by atoms with van der Waals surface area (Å²) in [5.41, 5.74) is 0. The highest BCUT2D eigenvalue weighted by molar-refractivity contribution is 7.80. The van der Waals surface area contributed by atoms with Crippen LogP contribution in [-0.4, -0.2) is 150 Å². The molecule has 0 bridgehead atoms. The molecule has 2 unspecified atom stereocenters. The average Bonchev–Trinajstić information content (AvgIpc) is 3.01. The predicted octanol–water partition coefficient (Wildman–Crippen LogP) is 1.10. The van der Waals surface area contributed by atoms with Crippen LogP contribution in [0.3, 0.4) is 0 Å². The molecule has 0 spiro atoms. The number of carbonyl (C=O) groups is 1. The third-order valence-corrected chi connectivity index (χ3v) is 7.13. The van der Waals surface area contributed by atoms with Gasteiger partial charge in [0.1, 0.15) is 24.4 Å². The molecule has 1 rings (SSSR count). The molecule has 0 radical (unpaired) electrons. The van der Waals surface area contributed by atoms with Gasteiger partial charge in [0.2, 0.25) is 5.91 Å². The Morgan fingerprint density at radius 3 is 1.48 bits per heavy atom. The van der Waals surface area contributed by atoms with E-state index < -0.39 is 43.2 Å². The fourth-order valence-corrected chi connectivity index (χ4v) is 4.64. The largest absolute Gasteiger partial charge is 0.394 e. The van der Waals surface area contributed by atoms with Crippen molar-refractivity contribution in [2.75, 3.05) is 98.2 Å². The zero-order chi connectivity index (χ0) is 32.1. The Hall–Kier alpha value is -0.620. The molecule has 262 valence electrons. The topological polar surface area (TPSA) is 164 Å². The van der Waals surface area contributed by atoms with Gasteiger partial charge in [-0.3, -0.25) is 4.79 Å². The van der Waals surface area contributed by atoms with Crippen LogP contribution in [0, 0.1) is 0 Å². The Labute approximate surface area is 268 Å². The van der Waals surface area contributed by atoms with Crippen LogP contribution in [0.1, 0.15) is 58.3 Å². The summed E-state index contributed by atoms with van der Waals surface area (Å²) >= 11 is 4.24. The summed E-state index contributed by atoms with van der Waals surface area (Å²) in [7, 11) is 0. The first-order valence-corrected chi connectivity index (χ1v) is 16.7. The molecule has 4 N–H and O–H groups in total. The van der Waals surface area contributed by atoms with Crippen molar-refractivity contribution in [3.05, 3.63) is 0 Å². The zero-order valence-corrected chi connectivity index (χ0v) is 27.5. The number of aliphatic hydroxyl groups is 3. The van der Waals surface area contributed by atoms with E-state index in [2.05, 4.69) is 17.9 Å². The first kappa shape index (κ1) is 41.4. The fourth-order valence-electron chi connectivity index (χ4n) is 4.41. The van der Waals surface area contributed by atoms with E-state index in [1.165, 1.54) is 51.9 Å². The van der Waals surface area contributed by atoms with Crippen LogP contribution < -0.4 is 5.32 Å². The number of hydrogen-bond donors (Lipinski definition) is 5. The van der Waals surface area contributed by atoms with Crippen LogP contribution in [0.2, 0.25) is 0 Å². The van der Waals surface area contributed by atoms with E-state index in [0.29, 0.717) is 66.1 Å². The number of unbranched alkanes of at least 4 members (excludes halogenated alkanes) is 7. The molecule has 44 heavy (non-hydrogen) atoms. The van der Waals surface area contributed by atoms with Gasteiger partial charge in [0, 0.05) is 13.5 Å². The Morgan fingerprint density at radius 1 is 0.636 bits per heavy atom. The van der Waals surface area contributed by atoms with Gasteiger partial charge in [-0.25, -0.2) is 0 Å². The number of aliphatic hydroxyl groups excluding tert-OH is 3. The minimum atomic E-state index is -1.35. The number of hydrogen-bond acceptors (Lipinski definition) is 13. The lowest BCUT2D eigenvalue weighted by atomic mass is 9.97. The Morgan fingerprint density at radius 2 is 1.05 bits per heavy atom. The smallest absolute Gasteiger partial charge is 0.217 e. The maximum atomic E-state index is 11.4. The number of ether oxygens (including phenoxy) is 8. The van der Waals surface area contributed by atoms with Gasteiger partial charge in [0.15, 0.2) is 6.29 Å². The van der Waals surface area contributed by atoms with Crippen LogP contribution in [-0.2, 0) is 42.7 Å². The quantitative estimate of drug-likeness (QED) is 0.0534. The molecule has 5 atom stereocenters. The summed E-state index contributed by atoms with van der Waals surface area (Å²) in [6, 6.07) is -0.977. The van der Waals surface area contributed by atoms with Crippen LogP contribution in [0.25, 0.3) is 0 Å².